The number of carbonyl (C=O) groups is 1. The highest BCUT2D eigenvalue weighted by atomic mass is 16.7. The van der Waals surface area contributed by atoms with Crippen molar-refractivity contribution in [2.75, 3.05) is 46.2 Å². The van der Waals surface area contributed by atoms with Gasteiger partial charge >= 0.3 is 6.09 Å². The number of unbranched alkanes of at least 4 members (excludes halogenated alkanes) is 2. The molecular weight excluding hydrogens is 809 g/mol. The molecule has 340 valence electrons. The predicted octanol–water partition coefficient (Wildman–Crippen LogP) is 9.91. The fourth-order valence-corrected chi connectivity index (χ4v) is 9.99. The quantitative estimate of drug-likeness (QED) is 0.0402. The Kier molecular flexibility index (Phi) is 16.7. The molecule has 1 heterocycles. The number of amides is 1. The lowest BCUT2D eigenvalue weighted by molar-refractivity contribution is -0.256. The van der Waals surface area contributed by atoms with E-state index in [1.54, 1.807) is 17.1 Å². The lowest BCUT2D eigenvalue weighted by Gasteiger charge is -2.59. The van der Waals surface area contributed by atoms with Gasteiger partial charge in [0.05, 0.1) is 38.0 Å². The van der Waals surface area contributed by atoms with Gasteiger partial charge in [0.25, 0.3) is 0 Å². The van der Waals surface area contributed by atoms with Gasteiger partial charge in [-0.1, -0.05) is 116 Å². The number of hydrogen-bond donors (Lipinski definition) is 2. The molecule has 6 unspecified atom stereocenters. The van der Waals surface area contributed by atoms with Crippen molar-refractivity contribution in [3.8, 4) is 11.5 Å². The van der Waals surface area contributed by atoms with E-state index in [2.05, 4.69) is 43.5 Å². The summed E-state index contributed by atoms with van der Waals surface area (Å²) in [6.07, 6.45) is 10.1. The molecule has 6 atom stereocenters. The summed E-state index contributed by atoms with van der Waals surface area (Å²) in [5, 5.41) is 26.8. The van der Waals surface area contributed by atoms with Crippen LogP contribution in [0.25, 0.3) is 10.8 Å². The van der Waals surface area contributed by atoms with Gasteiger partial charge in [-0.2, -0.15) is 0 Å². The number of allylic oxidation sites excluding steroid dienone is 1. The summed E-state index contributed by atoms with van der Waals surface area (Å²) < 4.78 is 32.9. The van der Waals surface area contributed by atoms with Gasteiger partial charge < -0.3 is 38.7 Å². The van der Waals surface area contributed by atoms with E-state index in [1.807, 2.05) is 73.7 Å². The number of rotatable bonds is 24. The van der Waals surface area contributed by atoms with Gasteiger partial charge in [-0.15, -0.1) is 6.58 Å². The number of carbonyl (C=O) groups excluding carboxylic acids is 1. The van der Waals surface area contributed by atoms with E-state index in [0.717, 1.165) is 58.7 Å². The Hall–Kier alpha value is -5.46. The largest absolute Gasteiger partial charge is 0.490 e. The Morgan fingerprint density at radius 1 is 0.906 bits per heavy atom. The third-order valence-electron chi connectivity index (χ3n) is 12.7. The van der Waals surface area contributed by atoms with E-state index >= 15 is 4.79 Å². The molecule has 7 rings (SSSR count). The maximum absolute atomic E-state index is 15.1. The summed E-state index contributed by atoms with van der Waals surface area (Å²) in [5.74, 6) is -0.635. The number of oxime groups is 1. The van der Waals surface area contributed by atoms with E-state index < -0.39 is 23.8 Å². The van der Waals surface area contributed by atoms with Crippen molar-refractivity contribution in [1.29, 1.82) is 0 Å². The molecule has 2 N–H and O–H groups in total. The molecule has 2 aliphatic carbocycles. The van der Waals surface area contributed by atoms with Gasteiger partial charge in [0.15, 0.2) is 0 Å². The van der Waals surface area contributed by atoms with E-state index in [1.165, 1.54) is 0 Å². The highest BCUT2D eigenvalue weighted by molar-refractivity contribution is 6.03. The molecule has 1 saturated carbocycles. The Morgan fingerprint density at radius 3 is 2.45 bits per heavy atom. The van der Waals surface area contributed by atoms with Crippen molar-refractivity contribution in [3.05, 3.63) is 145 Å². The van der Waals surface area contributed by atoms with Gasteiger partial charge in [-0.25, -0.2) is 4.79 Å². The summed E-state index contributed by atoms with van der Waals surface area (Å²) in [7, 11) is 0. The van der Waals surface area contributed by atoms with E-state index in [0.29, 0.717) is 49.9 Å². The fourth-order valence-electron chi connectivity index (χ4n) is 9.99. The molecule has 64 heavy (non-hydrogen) atoms. The molecule has 11 heteroatoms. The molecule has 3 aliphatic rings. The zero-order valence-corrected chi connectivity index (χ0v) is 37.2. The molecule has 1 amide bonds. The minimum Gasteiger partial charge on any atom is -0.490 e. The number of benzene rings is 4. The van der Waals surface area contributed by atoms with Crippen LogP contribution in [0.5, 0.6) is 11.5 Å². The molecule has 4 aromatic carbocycles. The first-order valence-corrected chi connectivity index (χ1v) is 22.9. The minimum absolute atomic E-state index is 0.0294. The number of hydrogen-bond acceptors (Lipinski definition) is 10. The Labute approximate surface area is 377 Å². The van der Waals surface area contributed by atoms with Crippen LogP contribution >= 0.6 is 0 Å². The van der Waals surface area contributed by atoms with Crippen molar-refractivity contribution in [1.82, 2.24) is 4.90 Å². The van der Waals surface area contributed by atoms with Crippen molar-refractivity contribution in [3.63, 3.8) is 0 Å². The van der Waals surface area contributed by atoms with Crippen LogP contribution in [-0.2, 0) is 32.2 Å². The number of nitrogens with zero attached hydrogens (tertiary/aromatic N) is 2. The van der Waals surface area contributed by atoms with Crippen molar-refractivity contribution in [2.24, 2.45) is 22.9 Å². The lowest BCUT2D eigenvalue weighted by atomic mass is 9.55. The standard InChI is InChI=1S/C53H64N2O9/c1-4-29-60-42-25-26-48-46(34-42)50-44(24-13-15-28-57)40(20-12-14-27-56)33-45-47(54-63-6-3)35-49(53(64-48,51(45)50)62-30-5-2)55(36-41-22-16-21-39-19-10-11-23-43(39)41)52(58)61-32-31-59-37-38-17-8-7-9-18-38/h4-5,7-11,16-19,21-23,25-26,33-34,40,44,49-51,56-57H,1-2,6,12-15,20,24,27-32,35-37H2,3H3. The topological polar surface area (TPSA) is 129 Å². The maximum Gasteiger partial charge on any atom is 0.410 e. The maximum atomic E-state index is 15.1. The third kappa shape index (κ3) is 10.6. The van der Waals surface area contributed by atoms with Crippen LogP contribution in [0.4, 0.5) is 4.79 Å². The van der Waals surface area contributed by atoms with Gasteiger partial charge in [0.1, 0.15) is 37.4 Å². The fraction of sp³-hybridized carbons (Fsp3) is 0.434. The summed E-state index contributed by atoms with van der Waals surface area (Å²) in [5.41, 5.74) is 4.62. The highest BCUT2D eigenvalue weighted by Gasteiger charge is 2.65. The summed E-state index contributed by atoms with van der Waals surface area (Å²) in [6.45, 7) is 11.7. The smallest absolute Gasteiger partial charge is 0.410 e. The van der Waals surface area contributed by atoms with Crippen LogP contribution in [0.2, 0.25) is 0 Å². The Bertz CT molecular complexity index is 2220. The van der Waals surface area contributed by atoms with Crippen LogP contribution in [0, 0.1) is 17.8 Å². The highest BCUT2D eigenvalue weighted by Crippen LogP contribution is 2.62. The monoisotopic (exact) mass is 872 g/mol. The van der Waals surface area contributed by atoms with E-state index in [4.69, 9.17) is 33.7 Å². The zero-order valence-electron chi connectivity index (χ0n) is 37.2. The molecule has 0 bridgehead atoms. The molecule has 0 radical (unpaired) electrons. The molecular formula is C53H64N2O9. The average molecular weight is 873 g/mol. The predicted molar refractivity (Wildman–Crippen MR) is 249 cm³/mol. The van der Waals surface area contributed by atoms with Crippen LogP contribution in [-0.4, -0.2) is 85.0 Å². The summed E-state index contributed by atoms with van der Waals surface area (Å²) >= 11 is 0. The minimum atomic E-state index is -1.45. The van der Waals surface area contributed by atoms with E-state index in [-0.39, 0.29) is 63.8 Å². The van der Waals surface area contributed by atoms with Gasteiger partial charge in [0, 0.05) is 31.1 Å². The van der Waals surface area contributed by atoms with Crippen molar-refractivity contribution >= 4 is 22.6 Å². The Balaban J connectivity index is 1.39. The number of fused-ring (bicyclic) bond motifs is 3. The molecule has 4 aromatic rings. The van der Waals surface area contributed by atoms with Crippen molar-refractivity contribution in [2.45, 2.75) is 82.8 Å². The van der Waals surface area contributed by atoms with Crippen molar-refractivity contribution < 1.29 is 43.5 Å². The molecule has 0 spiro atoms. The number of aliphatic hydroxyl groups excluding tert-OH is 2. The first-order valence-electron chi connectivity index (χ1n) is 22.9. The summed E-state index contributed by atoms with van der Waals surface area (Å²) in [6, 6.07) is 29.3. The normalized spacial score (nSPS) is 22.7. The molecule has 1 fully saturated rings. The van der Waals surface area contributed by atoms with Crippen LogP contribution in [0.1, 0.15) is 74.5 Å². The Morgan fingerprint density at radius 2 is 1.67 bits per heavy atom. The van der Waals surface area contributed by atoms with E-state index in [9.17, 15) is 10.2 Å². The SMILES string of the molecule is C=CCOc1ccc2c(c1)C1C(CCCCO)C(CCCCO)C=C3C(=NOCC)CC(N(Cc4cccc5ccccc45)C(=O)OCCOCc4ccccc4)C(OCC=C)(O2)C31. The lowest BCUT2D eigenvalue weighted by Crippen LogP contribution is -2.70. The van der Waals surface area contributed by atoms with Crippen LogP contribution in [0.15, 0.2) is 133 Å². The first-order chi connectivity index (χ1) is 31.5. The van der Waals surface area contributed by atoms with Gasteiger partial charge in [0.2, 0.25) is 5.79 Å². The third-order valence-corrected chi connectivity index (χ3v) is 12.7. The average Bonchev–Trinajstić information content (AvgIpc) is 3.32. The molecule has 0 saturated heterocycles. The summed E-state index contributed by atoms with van der Waals surface area (Å²) in [4.78, 5) is 22.8. The second kappa shape index (κ2) is 22.9. The molecule has 0 aromatic heterocycles. The number of ether oxygens (including phenoxy) is 5. The molecule has 11 nitrogen and oxygen atoms in total. The van der Waals surface area contributed by atoms with Gasteiger partial charge in [-0.3, -0.25) is 4.90 Å². The van der Waals surface area contributed by atoms with Crippen LogP contribution in [0.3, 0.4) is 0 Å². The zero-order chi connectivity index (χ0) is 44.7. The molecule has 1 aliphatic heterocycles. The van der Waals surface area contributed by atoms with Gasteiger partial charge in [-0.05, 0) is 90.1 Å². The second-order valence-corrected chi connectivity index (χ2v) is 16.7. The second-order valence-electron chi connectivity index (χ2n) is 16.7. The first kappa shape index (κ1) is 46.5. The number of aliphatic hydroxyl groups is 2. The van der Waals surface area contributed by atoms with Crippen LogP contribution < -0.4 is 9.47 Å².